The lowest BCUT2D eigenvalue weighted by molar-refractivity contribution is -0.124. The lowest BCUT2D eigenvalue weighted by atomic mass is 10.1. The molecule has 0 aromatic heterocycles. The number of nitrogens with one attached hydrogen (secondary N) is 1. The van der Waals surface area contributed by atoms with Gasteiger partial charge in [-0.3, -0.25) is 9.69 Å². The molecule has 2 aromatic rings. The molecule has 0 bridgehead atoms. The van der Waals surface area contributed by atoms with Crippen LogP contribution in [0.5, 0.6) is 0 Å². The Morgan fingerprint density at radius 1 is 1.24 bits per heavy atom. The summed E-state index contributed by atoms with van der Waals surface area (Å²) in [4.78, 5) is 14.7. The van der Waals surface area contributed by atoms with Crippen LogP contribution in [-0.4, -0.2) is 36.5 Å². The van der Waals surface area contributed by atoms with Crippen molar-refractivity contribution in [2.75, 3.05) is 25.0 Å². The number of morpholine rings is 1. The minimum absolute atomic E-state index is 0.0147. The summed E-state index contributed by atoms with van der Waals surface area (Å²) in [5, 5.41) is 3.68. The monoisotopic (exact) mass is 422 g/mol. The number of anilines is 1. The average molecular weight is 424 g/mol. The number of ether oxygens (including phenoxy) is 1. The first-order valence-electron chi connectivity index (χ1n) is 8.20. The Kier molecular flexibility index (Phi) is 6.12. The van der Waals surface area contributed by atoms with E-state index in [0.29, 0.717) is 18.2 Å². The number of hydrogen-bond donors (Lipinski definition) is 1. The molecule has 1 saturated heterocycles. The predicted octanol–water partition coefficient (Wildman–Crippen LogP) is 4.50. The smallest absolute Gasteiger partial charge is 0.241 e. The van der Waals surface area contributed by atoms with Gasteiger partial charge in [-0.15, -0.1) is 0 Å². The molecule has 132 valence electrons. The average Bonchev–Trinajstić information content (AvgIpc) is 2.63. The number of nitrogens with zero attached hydrogens (tertiary/aromatic N) is 1. The van der Waals surface area contributed by atoms with Gasteiger partial charge in [0.25, 0.3) is 0 Å². The van der Waals surface area contributed by atoms with E-state index in [4.69, 9.17) is 16.3 Å². The number of carbonyl (C=O) groups is 1. The Morgan fingerprint density at radius 3 is 2.60 bits per heavy atom. The molecule has 2 aromatic carbocycles. The van der Waals surface area contributed by atoms with E-state index in [1.807, 2.05) is 55.5 Å². The van der Waals surface area contributed by atoms with E-state index >= 15 is 0 Å². The van der Waals surface area contributed by atoms with Gasteiger partial charge < -0.3 is 10.1 Å². The van der Waals surface area contributed by atoms with Crippen LogP contribution in [-0.2, 0) is 9.53 Å². The Morgan fingerprint density at radius 2 is 1.92 bits per heavy atom. The SMILES string of the molecule is CC(C(=O)Nc1ccc(Br)cc1)N1CCOC(c2ccc(Cl)cc2)C1. The quantitative estimate of drug-likeness (QED) is 0.787. The van der Waals surface area contributed by atoms with Crippen LogP contribution in [0.1, 0.15) is 18.6 Å². The molecule has 6 heteroatoms. The molecule has 1 aliphatic rings. The zero-order valence-corrected chi connectivity index (χ0v) is 16.3. The third-order valence-corrected chi connectivity index (χ3v) is 5.16. The van der Waals surface area contributed by atoms with Crippen LogP contribution in [0.3, 0.4) is 0 Å². The molecule has 25 heavy (non-hydrogen) atoms. The van der Waals surface area contributed by atoms with Crippen molar-refractivity contribution in [1.82, 2.24) is 4.90 Å². The first-order chi connectivity index (χ1) is 12.0. The Balaban J connectivity index is 1.62. The van der Waals surface area contributed by atoms with Crippen molar-refractivity contribution in [1.29, 1.82) is 0 Å². The summed E-state index contributed by atoms with van der Waals surface area (Å²) in [5.74, 6) is -0.0147. The highest BCUT2D eigenvalue weighted by atomic mass is 79.9. The zero-order chi connectivity index (χ0) is 17.8. The van der Waals surface area contributed by atoms with Gasteiger partial charge in [-0.25, -0.2) is 0 Å². The summed E-state index contributed by atoms with van der Waals surface area (Å²) in [6.07, 6.45) is -0.0473. The summed E-state index contributed by atoms with van der Waals surface area (Å²) in [7, 11) is 0. The molecular formula is C19H20BrClN2O2. The van der Waals surface area contributed by atoms with Crippen molar-refractivity contribution in [3.8, 4) is 0 Å². The number of rotatable bonds is 4. The zero-order valence-electron chi connectivity index (χ0n) is 13.9. The van der Waals surface area contributed by atoms with Crippen molar-refractivity contribution in [2.45, 2.75) is 19.1 Å². The second-order valence-electron chi connectivity index (χ2n) is 6.08. The summed E-state index contributed by atoms with van der Waals surface area (Å²) in [6.45, 7) is 3.94. The second kappa shape index (κ2) is 8.32. The summed E-state index contributed by atoms with van der Waals surface area (Å²) < 4.78 is 6.86. The number of hydrogen-bond acceptors (Lipinski definition) is 3. The van der Waals surface area contributed by atoms with E-state index < -0.39 is 0 Å². The number of amides is 1. The van der Waals surface area contributed by atoms with Crippen LogP contribution >= 0.6 is 27.5 Å². The van der Waals surface area contributed by atoms with Crippen LogP contribution < -0.4 is 5.32 Å². The molecule has 0 radical (unpaired) electrons. The normalized spacial score (nSPS) is 19.4. The van der Waals surface area contributed by atoms with Gasteiger partial charge in [0.2, 0.25) is 5.91 Å². The highest BCUT2D eigenvalue weighted by Crippen LogP contribution is 2.25. The molecule has 1 N–H and O–H groups in total. The van der Waals surface area contributed by atoms with Gasteiger partial charge in [-0.05, 0) is 48.9 Å². The third-order valence-electron chi connectivity index (χ3n) is 4.38. The van der Waals surface area contributed by atoms with Gasteiger partial charge in [0.05, 0.1) is 18.8 Å². The van der Waals surface area contributed by atoms with Crippen LogP contribution in [0.25, 0.3) is 0 Å². The predicted molar refractivity (Wildman–Crippen MR) is 104 cm³/mol. The molecule has 4 nitrogen and oxygen atoms in total. The second-order valence-corrected chi connectivity index (χ2v) is 7.43. The van der Waals surface area contributed by atoms with Crippen molar-refractivity contribution >= 4 is 39.1 Å². The first kappa shape index (κ1) is 18.4. The molecule has 1 fully saturated rings. The van der Waals surface area contributed by atoms with Crippen molar-refractivity contribution in [2.24, 2.45) is 0 Å². The molecular weight excluding hydrogens is 404 g/mol. The van der Waals surface area contributed by atoms with E-state index in [1.165, 1.54) is 0 Å². The van der Waals surface area contributed by atoms with Gasteiger partial charge >= 0.3 is 0 Å². The molecule has 1 heterocycles. The molecule has 3 rings (SSSR count). The molecule has 1 amide bonds. The van der Waals surface area contributed by atoms with E-state index in [-0.39, 0.29) is 18.1 Å². The van der Waals surface area contributed by atoms with E-state index in [1.54, 1.807) is 0 Å². The van der Waals surface area contributed by atoms with Crippen LogP contribution in [0.4, 0.5) is 5.69 Å². The molecule has 1 aliphatic heterocycles. The summed E-state index contributed by atoms with van der Waals surface area (Å²) in [5.41, 5.74) is 1.87. The fourth-order valence-electron chi connectivity index (χ4n) is 2.85. The fraction of sp³-hybridized carbons (Fsp3) is 0.316. The van der Waals surface area contributed by atoms with Crippen molar-refractivity contribution in [3.05, 3.63) is 63.6 Å². The molecule has 0 aliphatic carbocycles. The molecule has 2 atom stereocenters. The number of benzene rings is 2. The van der Waals surface area contributed by atoms with Gasteiger partial charge in [-0.2, -0.15) is 0 Å². The maximum absolute atomic E-state index is 12.6. The largest absolute Gasteiger partial charge is 0.371 e. The maximum Gasteiger partial charge on any atom is 0.241 e. The van der Waals surface area contributed by atoms with E-state index in [9.17, 15) is 4.79 Å². The van der Waals surface area contributed by atoms with Crippen LogP contribution in [0.2, 0.25) is 5.02 Å². The maximum atomic E-state index is 12.6. The minimum Gasteiger partial charge on any atom is -0.371 e. The minimum atomic E-state index is -0.234. The lowest BCUT2D eigenvalue weighted by Crippen LogP contribution is -2.48. The van der Waals surface area contributed by atoms with Gasteiger partial charge in [0.15, 0.2) is 0 Å². The standard InChI is InChI=1S/C19H20BrClN2O2/c1-13(19(24)22-17-8-4-15(20)5-9-17)23-10-11-25-18(12-23)14-2-6-16(21)7-3-14/h2-9,13,18H,10-12H2,1H3,(H,22,24). The number of halogens is 2. The highest BCUT2D eigenvalue weighted by molar-refractivity contribution is 9.10. The van der Waals surface area contributed by atoms with E-state index in [0.717, 1.165) is 22.3 Å². The molecule has 2 unspecified atom stereocenters. The van der Waals surface area contributed by atoms with Gasteiger partial charge in [0, 0.05) is 28.3 Å². The first-order valence-corrected chi connectivity index (χ1v) is 9.37. The third kappa shape index (κ3) is 4.82. The number of carbonyl (C=O) groups excluding carboxylic acids is 1. The van der Waals surface area contributed by atoms with Gasteiger partial charge in [-0.1, -0.05) is 39.7 Å². The Bertz CT molecular complexity index is 721. The molecule has 0 saturated carbocycles. The van der Waals surface area contributed by atoms with Crippen LogP contribution in [0.15, 0.2) is 53.0 Å². The van der Waals surface area contributed by atoms with Crippen molar-refractivity contribution < 1.29 is 9.53 Å². The van der Waals surface area contributed by atoms with Crippen LogP contribution in [0, 0.1) is 0 Å². The molecule has 0 spiro atoms. The van der Waals surface area contributed by atoms with Gasteiger partial charge in [0.1, 0.15) is 0 Å². The fourth-order valence-corrected chi connectivity index (χ4v) is 3.24. The lowest BCUT2D eigenvalue weighted by Gasteiger charge is -2.36. The van der Waals surface area contributed by atoms with E-state index in [2.05, 4.69) is 26.1 Å². The summed E-state index contributed by atoms with van der Waals surface area (Å²) >= 11 is 9.34. The Labute approximate surface area is 161 Å². The highest BCUT2D eigenvalue weighted by Gasteiger charge is 2.28. The Hall–Kier alpha value is -1.40. The summed E-state index contributed by atoms with van der Waals surface area (Å²) in [6, 6.07) is 15.0. The van der Waals surface area contributed by atoms with Crippen molar-refractivity contribution in [3.63, 3.8) is 0 Å². The topological polar surface area (TPSA) is 41.6 Å².